The molecule has 0 aromatic heterocycles. The summed E-state index contributed by atoms with van der Waals surface area (Å²) in [7, 11) is 1.94. The molecule has 0 bridgehead atoms. The van der Waals surface area contributed by atoms with Crippen LogP contribution < -0.4 is 5.32 Å². The van der Waals surface area contributed by atoms with Crippen LogP contribution in [0.3, 0.4) is 0 Å². The van der Waals surface area contributed by atoms with Gasteiger partial charge in [0.25, 0.3) is 0 Å². The van der Waals surface area contributed by atoms with Crippen molar-refractivity contribution in [3.05, 3.63) is 71.0 Å². The predicted octanol–water partition coefficient (Wildman–Crippen LogP) is 4.43. The first-order chi connectivity index (χ1) is 9.43. The molecule has 0 fully saturated rings. The van der Waals surface area contributed by atoms with Crippen LogP contribution in [0.4, 0.5) is 4.39 Å². The van der Waals surface area contributed by atoms with Crippen molar-refractivity contribution in [2.45, 2.75) is 32.2 Å². The highest BCUT2D eigenvalue weighted by Gasteiger charge is 2.22. The molecule has 0 saturated carbocycles. The first kappa shape index (κ1) is 14.7. The van der Waals surface area contributed by atoms with Crippen LogP contribution in [0.2, 0.25) is 0 Å². The maximum Gasteiger partial charge on any atom is 0.123 e. The summed E-state index contributed by atoms with van der Waals surface area (Å²) in [5.41, 5.74) is 3.70. The molecular formula is C18H22FN. The van der Waals surface area contributed by atoms with Crippen LogP contribution in [0.5, 0.6) is 0 Å². The minimum Gasteiger partial charge on any atom is -0.309 e. The van der Waals surface area contributed by atoms with E-state index in [1.54, 1.807) is 0 Å². The van der Waals surface area contributed by atoms with E-state index in [1.807, 2.05) is 19.2 Å². The van der Waals surface area contributed by atoms with Crippen LogP contribution in [0.1, 0.15) is 43.5 Å². The van der Waals surface area contributed by atoms with Crippen molar-refractivity contribution in [2.24, 2.45) is 0 Å². The summed E-state index contributed by atoms with van der Waals surface area (Å²) >= 11 is 0. The van der Waals surface area contributed by atoms with Gasteiger partial charge in [-0.05, 0) is 41.3 Å². The molecule has 0 saturated heterocycles. The Morgan fingerprint density at radius 2 is 1.55 bits per heavy atom. The van der Waals surface area contributed by atoms with Crippen molar-refractivity contribution in [1.29, 1.82) is 0 Å². The molecule has 1 unspecified atom stereocenters. The second kappa shape index (κ2) is 5.76. The molecule has 2 aromatic carbocycles. The SMILES string of the molecule is CNC(c1ccc(F)cc1)c1ccccc1C(C)(C)C. The minimum atomic E-state index is -0.201. The average Bonchev–Trinajstić information content (AvgIpc) is 2.41. The van der Waals surface area contributed by atoms with Gasteiger partial charge in [0.15, 0.2) is 0 Å². The lowest BCUT2D eigenvalue weighted by molar-refractivity contribution is 0.566. The first-order valence-corrected chi connectivity index (χ1v) is 6.95. The van der Waals surface area contributed by atoms with E-state index in [0.29, 0.717) is 0 Å². The maximum absolute atomic E-state index is 13.1. The molecular weight excluding hydrogens is 249 g/mol. The largest absolute Gasteiger partial charge is 0.309 e. The van der Waals surface area contributed by atoms with Crippen molar-refractivity contribution in [1.82, 2.24) is 5.32 Å². The zero-order valence-electron chi connectivity index (χ0n) is 12.6. The molecule has 0 heterocycles. The van der Waals surface area contributed by atoms with Crippen LogP contribution in [0.15, 0.2) is 48.5 Å². The van der Waals surface area contributed by atoms with Gasteiger partial charge in [-0.2, -0.15) is 0 Å². The number of nitrogens with one attached hydrogen (secondary N) is 1. The number of halogens is 1. The molecule has 1 atom stereocenters. The molecule has 20 heavy (non-hydrogen) atoms. The van der Waals surface area contributed by atoms with Gasteiger partial charge < -0.3 is 5.32 Å². The van der Waals surface area contributed by atoms with E-state index >= 15 is 0 Å². The topological polar surface area (TPSA) is 12.0 Å². The molecule has 1 nitrogen and oxygen atoms in total. The summed E-state index contributed by atoms with van der Waals surface area (Å²) in [4.78, 5) is 0. The second-order valence-electron chi connectivity index (χ2n) is 6.11. The van der Waals surface area contributed by atoms with Crippen LogP contribution in [0.25, 0.3) is 0 Å². The summed E-state index contributed by atoms with van der Waals surface area (Å²) < 4.78 is 13.1. The quantitative estimate of drug-likeness (QED) is 0.870. The highest BCUT2D eigenvalue weighted by Crippen LogP contribution is 2.32. The van der Waals surface area contributed by atoms with E-state index in [0.717, 1.165) is 5.56 Å². The third-order valence-corrected chi connectivity index (χ3v) is 3.57. The lowest BCUT2D eigenvalue weighted by Gasteiger charge is -2.27. The Kier molecular flexibility index (Phi) is 4.24. The molecule has 0 aliphatic carbocycles. The van der Waals surface area contributed by atoms with Gasteiger partial charge in [0.2, 0.25) is 0 Å². The van der Waals surface area contributed by atoms with Crippen molar-refractivity contribution in [3.8, 4) is 0 Å². The second-order valence-corrected chi connectivity index (χ2v) is 6.11. The van der Waals surface area contributed by atoms with Gasteiger partial charge in [-0.25, -0.2) is 4.39 Å². The third-order valence-electron chi connectivity index (χ3n) is 3.57. The predicted molar refractivity (Wildman–Crippen MR) is 82.4 cm³/mol. The van der Waals surface area contributed by atoms with E-state index in [1.165, 1.54) is 23.3 Å². The molecule has 106 valence electrons. The Labute approximate surface area is 120 Å². The standard InChI is InChI=1S/C18H22FN/c1-18(2,3)16-8-6-5-7-15(16)17(20-4)13-9-11-14(19)12-10-13/h5-12,17,20H,1-4H3. The van der Waals surface area contributed by atoms with Gasteiger partial charge in [-0.15, -0.1) is 0 Å². The first-order valence-electron chi connectivity index (χ1n) is 6.95. The van der Waals surface area contributed by atoms with Gasteiger partial charge in [0.05, 0.1) is 6.04 Å². The zero-order valence-corrected chi connectivity index (χ0v) is 12.6. The lowest BCUT2D eigenvalue weighted by atomic mass is 9.80. The molecule has 0 radical (unpaired) electrons. The van der Waals surface area contributed by atoms with E-state index in [9.17, 15) is 4.39 Å². The van der Waals surface area contributed by atoms with E-state index in [4.69, 9.17) is 0 Å². The van der Waals surface area contributed by atoms with Crippen LogP contribution >= 0.6 is 0 Å². The van der Waals surface area contributed by atoms with E-state index in [2.05, 4.69) is 50.4 Å². The summed E-state index contributed by atoms with van der Waals surface area (Å²) in [5, 5.41) is 3.34. The molecule has 0 aliphatic heterocycles. The Balaban J connectivity index is 2.50. The molecule has 2 aromatic rings. The molecule has 2 rings (SSSR count). The minimum absolute atomic E-state index is 0.0750. The van der Waals surface area contributed by atoms with Gasteiger partial charge in [-0.3, -0.25) is 0 Å². The van der Waals surface area contributed by atoms with E-state index < -0.39 is 0 Å². The fraction of sp³-hybridized carbons (Fsp3) is 0.333. The summed E-state index contributed by atoms with van der Waals surface area (Å²) in [5.74, 6) is -0.201. The van der Waals surface area contributed by atoms with Crippen molar-refractivity contribution in [2.75, 3.05) is 7.05 Å². The Morgan fingerprint density at radius 1 is 0.950 bits per heavy atom. The highest BCUT2D eigenvalue weighted by atomic mass is 19.1. The number of hydrogen-bond acceptors (Lipinski definition) is 1. The zero-order chi connectivity index (χ0) is 14.8. The van der Waals surface area contributed by atoms with Crippen LogP contribution in [-0.4, -0.2) is 7.05 Å². The summed E-state index contributed by atoms with van der Waals surface area (Å²) in [6.07, 6.45) is 0. The molecule has 0 amide bonds. The summed E-state index contributed by atoms with van der Waals surface area (Å²) in [6, 6.07) is 15.2. The monoisotopic (exact) mass is 271 g/mol. The summed E-state index contributed by atoms with van der Waals surface area (Å²) in [6.45, 7) is 6.63. The van der Waals surface area contributed by atoms with Crippen LogP contribution in [-0.2, 0) is 5.41 Å². The molecule has 0 spiro atoms. The Bertz CT molecular complexity index is 567. The Morgan fingerprint density at radius 3 is 2.10 bits per heavy atom. The van der Waals surface area contributed by atoms with Gasteiger partial charge in [-0.1, -0.05) is 57.2 Å². The molecule has 1 N–H and O–H groups in total. The number of benzene rings is 2. The molecule has 0 aliphatic rings. The Hall–Kier alpha value is -1.67. The van der Waals surface area contributed by atoms with Crippen molar-refractivity contribution < 1.29 is 4.39 Å². The number of hydrogen-bond donors (Lipinski definition) is 1. The highest BCUT2D eigenvalue weighted by molar-refractivity contribution is 5.40. The lowest BCUT2D eigenvalue weighted by Crippen LogP contribution is -2.23. The van der Waals surface area contributed by atoms with E-state index in [-0.39, 0.29) is 17.3 Å². The smallest absolute Gasteiger partial charge is 0.123 e. The fourth-order valence-electron chi connectivity index (χ4n) is 2.59. The normalized spacial score (nSPS) is 13.2. The van der Waals surface area contributed by atoms with Gasteiger partial charge in [0.1, 0.15) is 5.82 Å². The number of rotatable bonds is 3. The molecule has 2 heteroatoms. The van der Waals surface area contributed by atoms with Gasteiger partial charge in [0, 0.05) is 0 Å². The van der Waals surface area contributed by atoms with Gasteiger partial charge >= 0.3 is 0 Å². The third kappa shape index (κ3) is 3.07. The van der Waals surface area contributed by atoms with Crippen LogP contribution in [0, 0.1) is 5.82 Å². The van der Waals surface area contributed by atoms with Crippen molar-refractivity contribution in [3.63, 3.8) is 0 Å². The van der Waals surface area contributed by atoms with Crippen molar-refractivity contribution >= 4 is 0 Å². The maximum atomic E-state index is 13.1. The average molecular weight is 271 g/mol. The fourth-order valence-corrected chi connectivity index (χ4v) is 2.59.